The van der Waals surface area contributed by atoms with Crippen LogP contribution in [-0.4, -0.2) is 16.7 Å². The van der Waals surface area contributed by atoms with Crippen LogP contribution >= 0.6 is 11.3 Å². The minimum absolute atomic E-state index is 0.109. The molecule has 0 spiro atoms. The molecular weight excluding hydrogens is 360 g/mol. The van der Waals surface area contributed by atoms with Crippen molar-refractivity contribution in [2.75, 3.05) is 5.32 Å². The number of thiophene rings is 1. The molecule has 1 aliphatic heterocycles. The summed E-state index contributed by atoms with van der Waals surface area (Å²) in [4.78, 5) is 28.2. The molecule has 2 amide bonds. The highest BCUT2D eigenvalue weighted by atomic mass is 32.1. The van der Waals surface area contributed by atoms with Crippen molar-refractivity contribution in [3.05, 3.63) is 81.6 Å². The van der Waals surface area contributed by atoms with Crippen molar-refractivity contribution >= 4 is 34.4 Å². The second-order valence-electron chi connectivity index (χ2n) is 6.38. The topological polar surface area (TPSA) is 62.6 Å². The van der Waals surface area contributed by atoms with Crippen LogP contribution in [0.2, 0.25) is 0 Å². The van der Waals surface area contributed by atoms with Gasteiger partial charge in [0.05, 0.1) is 18.4 Å². The summed E-state index contributed by atoms with van der Waals surface area (Å²) in [6.07, 6.45) is 1.53. The predicted octanol–water partition coefficient (Wildman–Crippen LogP) is 4.35. The van der Waals surface area contributed by atoms with Gasteiger partial charge in [-0.25, -0.2) is 0 Å². The van der Waals surface area contributed by atoms with E-state index in [-0.39, 0.29) is 18.4 Å². The van der Waals surface area contributed by atoms with E-state index in [2.05, 4.69) is 5.32 Å². The van der Waals surface area contributed by atoms with Crippen LogP contribution in [0.4, 0.5) is 5.69 Å². The maximum Gasteiger partial charge on any atom is 0.278 e. The summed E-state index contributed by atoms with van der Waals surface area (Å²) < 4.78 is 5.32. The van der Waals surface area contributed by atoms with Crippen molar-refractivity contribution in [1.82, 2.24) is 4.90 Å². The molecule has 1 aromatic carbocycles. The van der Waals surface area contributed by atoms with E-state index in [1.165, 1.54) is 22.5 Å². The number of nitrogens with one attached hydrogen (secondary N) is 1. The summed E-state index contributed by atoms with van der Waals surface area (Å²) in [7, 11) is 0. The van der Waals surface area contributed by atoms with Crippen LogP contribution in [0, 0.1) is 13.8 Å². The number of furan rings is 1. The summed E-state index contributed by atoms with van der Waals surface area (Å²) in [5.74, 6) is -0.0948. The lowest BCUT2D eigenvalue weighted by Crippen LogP contribution is -2.31. The van der Waals surface area contributed by atoms with Gasteiger partial charge in [0.15, 0.2) is 0 Å². The monoisotopic (exact) mass is 378 g/mol. The molecule has 3 aromatic rings. The van der Waals surface area contributed by atoms with Crippen LogP contribution in [-0.2, 0) is 16.1 Å². The Bertz CT molecular complexity index is 1030. The number of aryl methyl sites for hydroxylation is 1. The maximum atomic E-state index is 13.1. The van der Waals surface area contributed by atoms with Gasteiger partial charge >= 0.3 is 0 Å². The van der Waals surface area contributed by atoms with Crippen LogP contribution in [0.5, 0.6) is 0 Å². The second-order valence-corrected chi connectivity index (χ2v) is 7.32. The quantitative estimate of drug-likeness (QED) is 0.671. The first-order chi connectivity index (χ1) is 13.1. The minimum Gasteiger partial charge on any atom is -0.467 e. The highest BCUT2D eigenvalue weighted by molar-refractivity contribution is 7.11. The summed E-state index contributed by atoms with van der Waals surface area (Å²) in [6.45, 7) is 4.11. The van der Waals surface area contributed by atoms with Gasteiger partial charge in [0, 0.05) is 10.6 Å². The van der Waals surface area contributed by atoms with Crippen molar-refractivity contribution in [3.63, 3.8) is 0 Å². The first kappa shape index (κ1) is 17.3. The lowest BCUT2D eigenvalue weighted by Gasteiger charge is -2.15. The van der Waals surface area contributed by atoms with Crippen molar-refractivity contribution in [2.24, 2.45) is 0 Å². The molecule has 2 aromatic heterocycles. The van der Waals surface area contributed by atoms with Gasteiger partial charge in [-0.15, -0.1) is 11.3 Å². The Hall–Kier alpha value is -3.12. The molecule has 0 bridgehead atoms. The fourth-order valence-electron chi connectivity index (χ4n) is 3.06. The van der Waals surface area contributed by atoms with E-state index in [1.807, 2.05) is 49.6 Å². The smallest absolute Gasteiger partial charge is 0.278 e. The van der Waals surface area contributed by atoms with Crippen molar-refractivity contribution in [2.45, 2.75) is 20.4 Å². The first-order valence-electron chi connectivity index (χ1n) is 8.56. The Labute approximate surface area is 160 Å². The Kier molecular flexibility index (Phi) is 4.41. The molecule has 1 N–H and O–H groups in total. The first-order valence-corrected chi connectivity index (χ1v) is 9.44. The molecule has 4 rings (SSSR count). The van der Waals surface area contributed by atoms with Gasteiger partial charge < -0.3 is 9.73 Å². The van der Waals surface area contributed by atoms with E-state index >= 15 is 0 Å². The average molecular weight is 378 g/mol. The zero-order chi connectivity index (χ0) is 19.0. The van der Waals surface area contributed by atoms with Gasteiger partial charge in [0.25, 0.3) is 11.8 Å². The standard InChI is InChI=1S/C21H18N2O3S/c1-13-6-3-8-16(14(13)2)22-19-18(17-9-5-11-27-17)20(24)23(21(19)25)12-15-7-4-10-26-15/h3-11,22H,12H2,1-2H3. The third-order valence-electron chi connectivity index (χ3n) is 4.69. The fourth-order valence-corrected chi connectivity index (χ4v) is 3.83. The number of rotatable bonds is 5. The lowest BCUT2D eigenvalue weighted by atomic mass is 10.1. The van der Waals surface area contributed by atoms with Crippen LogP contribution in [0.25, 0.3) is 5.57 Å². The number of carbonyl (C=O) groups excluding carboxylic acids is 2. The Morgan fingerprint density at radius 1 is 1.04 bits per heavy atom. The van der Waals surface area contributed by atoms with Gasteiger partial charge in [-0.3, -0.25) is 14.5 Å². The van der Waals surface area contributed by atoms with Crippen LogP contribution in [0.15, 0.2) is 64.2 Å². The van der Waals surface area contributed by atoms with Gasteiger partial charge in [-0.1, -0.05) is 18.2 Å². The van der Waals surface area contributed by atoms with Gasteiger partial charge in [-0.05, 0) is 54.6 Å². The maximum absolute atomic E-state index is 13.1. The van der Waals surface area contributed by atoms with Gasteiger partial charge in [-0.2, -0.15) is 0 Å². The van der Waals surface area contributed by atoms with E-state index in [0.717, 1.165) is 21.7 Å². The van der Waals surface area contributed by atoms with E-state index in [1.54, 1.807) is 12.1 Å². The molecule has 1 aliphatic rings. The average Bonchev–Trinajstić information content (AvgIpc) is 3.39. The van der Waals surface area contributed by atoms with Crippen molar-refractivity contribution in [3.8, 4) is 0 Å². The SMILES string of the molecule is Cc1cccc(NC2=C(c3cccs3)C(=O)N(Cc3ccco3)C2=O)c1C. The summed E-state index contributed by atoms with van der Waals surface area (Å²) in [6, 6.07) is 13.1. The van der Waals surface area contributed by atoms with E-state index in [9.17, 15) is 9.59 Å². The van der Waals surface area contributed by atoms with Gasteiger partial charge in [0.2, 0.25) is 0 Å². The number of imide groups is 1. The lowest BCUT2D eigenvalue weighted by molar-refractivity contribution is -0.137. The van der Waals surface area contributed by atoms with E-state index < -0.39 is 0 Å². The molecule has 0 radical (unpaired) electrons. The molecule has 136 valence electrons. The molecule has 0 saturated heterocycles. The number of amides is 2. The number of hydrogen-bond donors (Lipinski definition) is 1. The molecule has 27 heavy (non-hydrogen) atoms. The summed E-state index contributed by atoms with van der Waals surface area (Å²) in [5.41, 5.74) is 3.69. The molecular formula is C21H18N2O3S. The highest BCUT2D eigenvalue weighted by Gasteiger charge is 2.40. The van der Waals surface area contributed by atoms with Crippen LogP contribution < -0.4 is 5.32 Å². The molecule has 0 aliphatic carbocycles. The Morgan fingerprint density at radius 2 is 1.89 bits per heavy atom. The normalized spacial score (nSPS) is 14.4. The molecule has 6 heteroatoms. The number of nitrogens with zero attached hydrogens (tertiary/aromatic N) is 1. The molecule has 0 atom stereocenters. The number of benzene rings is 1. The third-order valence-corrected chi connectivity index (χ3v) is 5.58. The predicted molar refractivity (Wildman–Crippen MR) is 105 cm³/mol. The largest absolute Gasteiger partial charge is 0.467 e. The minimum atomic E-state index is -0.347. The van der Waals surface area contributed by atoms with Crippen molar-refractivity contribution in [1.29, 1.82) is 0 Å². The van der Waals surface area contributed by atoms with Gasteiger partial charge in [0.1, 0.15) is 11.5 Å². The highest BCUT2D eigenvalue weighted by Crippen LogP contribution is 2.34. The Morgan fingerprint density at radius 3 is 2.59 bits per heavy atom. The molecule has 0 unspecified atom stereocenters. The van der Waals surface area contributed by atoms with E-state index in [4.69, 9.17) is 4.42 Å². The summed E-state index contributed by atoms with van der Waals surface area (Å²) >= 11 is 1.44. The molecule has 5 nitrogen and oxygen atoms in total. The zero-order valence-electron chi connectivity index (χ0n) is 15.0. The molecule has 0 saturated carbocycles. The fraction of sp³-hybridized carbons (Fsp3) is 0.143. The summed E-state index contributed by atoms with van der Waals surface area (Å²) in [5, 5.41) is 5.12. The van der Waals surface area contributed by atoms with Crippen molar-refractivity contribution < 1.29 is 14.0 Å². The number of anilines is 1. The molecule has 3 heterocycles. The van der Waals surface area contributed by atoms with E-state index in [0.29, 0.717) is 17.0 Å². The number of carbonyl (C=O) groups is 2. The third kappa shape index (κ3) is 3.08. The van der Waals surface area contributed by atoms with Crippen LogP contribution in [0.1, 0.15) is 21.8 Å². The second kappa shape index (κ2) is 6.89. The zero-order valence-corrected chi connectivity index (χ0v) is 15.8. The number of hydrogen-bond acceptors (Lipinski definition) is 5. The molecule has 0 fully saturated rings. The van der Waals surface area contributed by atoms with Crippen LogP contribution in [0.3, 0.4) is 0 Å². The Balaban J connectivity index is 1.75.